The van der Waals surface area contributed by atoms with Crippen molar-refractivity contribution in [2.24, 2.45) is 11.3 Å². The molecule has 5 unspecified atom stereocenters. The highest BCUT2D eigenvalue weighted by Gasteiger charge is 2.67. The standard InChI is InChI=1S/C14H19NO4/c1-3-8-6-15-10-4-9(8)14(7-16,13(18)19-2)12(15)5-11(10)17/h3,9-10,12,16H,4-7H2,1-2H3. The molecule has 0 aromatic carbocycles. The molecular weight excluding hydrogens is 246 g/mol. The first kappa shape index (κ1) is 12.8. The zero-order valence-electron chi connectivity index (χ0n) is 11.3. The number of carbonyl (C=O) groups excluding carboxylic acids is 2. The average Bonchev–Trinajstić information content (AvgIpc) is 2.71. The molecular formula is C14H19NO4. The molecule has 4 aliphatic rings. The van der Waals surface area contributed by atoms with Gasteiger partial charge in [-0.1, -0.05) is 11.6 Å². The number of carbonyl (C=O) groups is 2. The van der Waals surface area contributed by atoms with E-state index in [2.05, 4.69) is 4.90 Å². The molecule has 4 rings (SSSR count). The molecule has 0 amide bonds. The summed E-state index contributed by atoms with van der Waals surface area (Å²) in [6.07, 6.45) is 2.99. The van der Waals surface area contributed by atoms with Crippen LogP contribution in [-0.2, 0) is 14.3 Å². The number of rotatable bonds is 2. The fourth-order valence-corrected chi connectivity index (χ4v) is 4.32. The Kier molecular flexibility index (Phi) is 2.80. The summed E-state index contributed by atoms with van der Waals surface area (Å²) in [5.74, 6) is -0.256. The number of methoxy groups -OCH3 is 1. The molecule has 19 heavy (non-hydrogen) atoms. The predicted octanol–water partition coefficient (Wildman–Crippen LogP) is 0.130. The zero-order chi connectivity index (χ0) is 13.8. The molecule has 4 heterocycles. The fourth-order valence-electron chi connectivity index (χ4n) is 4.32. The molecule has 5 nitrogen and oxygen atoms in total. The number of piperidine rings is 3. The molecule has 0 radical (unpaired) electrons. The van der Waals surface area contributed by atoms with Crippen LogP contribution in [-0.4, -0.2) is 54.1 Å². The summed E-state index contributed by atoms with van der Waals surface area (Å²) < 4.78 is 4.95. The van der Waals surface area contributed by atoms with E-state index in [0.29, 0.717) is 12.8 Å². The maximum absolute atomic E-state index is 12.3. The summed E-state index contributed by atoms with van der Waals surface area (Å²) in [4.78, 5) is 26.5. The Bertz CT molecular complexity index is 472. The van der Waals surface area contributed by atoms with Crippen LogP contribution in [0.25, 0.3) is 0 Å². The molecule has 0 aromatic heterocycles. The van der Waals surface area contributed by atoms with Crippen molar-refractivity contribution in [1.82, 2.24) is 4.90 Å². The van der Waals surface area contributed by atoms with Crippen LogP contribution >= 0.6 is 0 Å². The number of ether oxygens (including phenoxy) is 1. The van der Waals surface area contributed by atoms with Crippen LogP contribution in [0.5, 0.6) is 0 Å². The second kappa shape index (κ2) is 4.15. The van der Waals surface area contributed by atoms with Crippen molar-refractivity contribution in [2.45, 2.75) is 31.8 Å². The quantitative estimate of drug-likeness (QED) is 0.568. The number of aliphatic hydroxyl groups is 1. The average molecular weight is 265 g/mol. The molecule has 1 N–H and O–H groups in total. The summed E-state index contributed by atoms with van der Waals surface area (Å²) in [5, 5.41) is 9.92. The van der Waals surface area contributed by atoms with Gasteiger partial charge < -0.3 is 9.84 Å². The SMILES string of the molecule is CC=C1CN2C3CC1C(CO)(C(=O)OC)C2CC3=O. The molecule has 4 saturated heterocycles. The van der Waals surface area contributed by atoms with Gasteiger partial charge in [-0.15, -0.1) is 0 Å². The Balaban J connectivity index is 2.13. The van der Waals surface area contributed by atoms with Gasteiger partial charge in [-0.2, -0.15) is 0 Å². The van der Waals surface area contributed by atoms with Gasteiger partial charge in [0.25, 0.3) is 0 Å². The van der Waals surface area contributed by atoms with Crippen LogP contribution < -0.4 is 0 Å². The Morgan fingerprint density at radius 3 is 2.95 bits per heavy atom. The number of hydrogen-bond acceptors (Lipinski definition) is 5. The molecule has 5 heteroatoms. The number of esters is 1. The molecule has 4 bridgehead atoms. The zero-order valence-corrected chi connectivity index (χ0v) is 11.3. The third-order valence-corrected chi connectivity index (χ3v) is 5.25. The number of allylic oxidation sites excluding steroid dienone is 1. The first-order valence-corrected chi connectivity index (χ1v) is 6.73. The third kappa shape index (κ3) is 1.37. The van der Waals surface area contributed by atoms with Crippen molar-refractivity contribution in [1.29, 1.82) is 0 Å². The van der Waals surface area contributed by atoms with Crippen LogP contribution in [0.1, 0.15) is 19.8 Å². The van der Waals surface area contributed by atoms with Gasteiger partial charge in [0.05, 0.1) is 19.8 Å². The minimum atomic E-state index is -0.961. The van der Waals surface area contributed by atoms with Crippen molar-refractivity contribution in [3.8, 4) is 0 Å². The fraction of sp³-hybridized carbons (Fsp3) is 0.714. The van der Waals surface area contributed by atoms with E-state index in [9.17, 15) is 14.7 Å². The van der Waals surface area contributed by atoms with Gasteiger partial charge >= 0.3 is 5.97 Å². The minimum absolute atomic E-state index is 0.0666. The topological polar surface area (TPSA) is 66.8 Å². The van der Waals surface area contributed by atoms with Gasteiger partial charge in [0.2, 0.25) is 0 Å². The van der Waals surface area contributed by atoms with E-state index < -0.39 is 5.41 Å². The highest BCUT2D eigenvalue weighted by molar-refractivity contribution is 5.91. The van der Waals surface area contributed by atoms with Crippen LogP contribution in [0.15, 0.2) is 11.6 Å². The van der Waals surface area contributed by atoms with Crippen molar-refractivity contribution in [2.75, 3.05) is 20.3 Å². The van der Waals surface area contributed by atoms with E-state index in [-0.39, 0.29) is 36.4 Å². The summed E-state index contributed by atoms with van der Waals surface area (Å²) in [6, 6.07) is -0.270. The summed E-state index contributed by atoms with van der Waals surface area (Å²) >= 11 is 0. The molecule has 104 valence electrons. The van der Waals surface area contributed by atoms with Gasteiger partial charge in [0.15, 0.2) is 5.78 Å². The van der Waals surface area contributed by atoms with Gasteiger partial charge in [-0.3, -0.25) is 14.5 Å². The Morgan fingerprint density at radius 1 is 1.63 bits per heavy atom. The van der Waals surface area contributed by atoms with E-state index in [1.807, 2.05) is 13.0 Å². The number of aliphatic hydroxyl groups excluding tert-OH is 1. The number of nitrogens with zero attached hydrogens (tertiary/aromatic N) is 1. The Hall–Kier alpha value is -1.20. The lowest BCUT2D eigenvalue weighted by molar-refractivity contribution is -0.175. The molecule has 4 fully saturated rings. The second-order valence-electron chi connectivity index (χ2n) is 5.72. The van der Waals surface area contributed by atoms with Crippen LogP contribution in [0.4, 0.5) is 0 Å². The van der Waals surface area contributed by atoms with E-state index >= 15 is 0 Å². The number of hydrogen-bond donors (Lipinski definition) is 1. The molecule has 0 aromatic rings. The highest BCUT2D eigenvalue weighted by atomic mass is 16.5. The smallest absolute Gasteiger partial charge is 0.316 e. The third-order valence-electron chi connectivity index (χ3n) is 5.25. The lowest BCUT2D eigenvalue weighted by atomic mass is 9.60. The Labute approximate surface area is 112 Å². The Morgan fingerprint density at radius 2 is 2.37 bits per heavy atom. The van der Waals surface area contributed by atoms with Gasteiger partial charge in [-0.25, -0.2) is 0 Å². The largest absolute Gasteiger partial charge is 0.468 e. The minimum Gasteiger partial charge on any atom is -0.468 e. The first-order chi connectivity index (χ1) is 9.09. The highest BCUT2D eigenvalue weighted by Crippen LogP contribution is 2.56. The molecule has 0 aliphatic carbocycles. The number of Topliss-reactive ketones (excluding diaryl/α,β-unsaturated/α-hetero) is 1. The second-order valence-corrected chi connectivity index (χ2v) is 5.72. The summed E-state index contributed by atoms with van der Waals surface area (Å²) in [7, 11) is 1.35. The first-order valence-electron chi connectivity index (χ1n) is 6.73. The van der Waals surface area contributed by atoms with E-state index in [1.165, 1.54) is 7.11 Å². The van der Waals surface area contributed by atoms with E-state index in [1.54, 1.807) is 0 Å². The number of ketones is 1. The van der Waals surface area contributed by atoms with Crippen molar-refractivity contribution in [3.05, 3.63) is 11.6 Å². The monoisotopic (exact) mass is 265 g/mol. The molecule has 4 aliphatic heterocycles. The van der Waals surface area contributed by atoms with Crippen molar-refractivity contribution < 1.29 is 19.4 Å². The lowest BCUT2D eigenvalue weighted by Gasteiger charge is -2.56. The van der Waals surface area contributed by atoms with Crippen LogP contribution in [0.3, 0.4) is 0 Å². The maximum Gasteiger partial charge on any atom is 0.316 e. The van der Waals surface area contributed by atoms with Gasteiger partial charge in [-0.05, 0) is 13.3 Å². The van der Waals surface area contributed by atoms with Crippen molar-refractivity contribution >= 4 is 11.8 Å². The molecule has 0 saturated carbocycles. The van der Waals surface area contributed by atoms with Gasteiger partial charge in [0.1, 0.15) is 5.41 Å². The van der Waals surface area contributed by atoms with Crippen LogP contribution in [0.2, 0.25) is 0 Å². The normalized spacial score (nSPS) is 45.8. The van der Waals surface area contributed by atoms with E-state index in [0.717, 1.165) is 12.1 Å². The molecule has 5 atom stereocenters. The summed E-state index contributed by atoms with van der Waals surface area (Å²) in [5.41, 5.74) is 0.180. The predicted molar refractivity (Wildman–Crippen MR) is 67.3 cm³/mol. The van der Waals surface area contributed by atoms with Crippen LogP contribution in [0, 0.1) is 11.3 Å². The summed E-state index contributed by atoms with van der Waals surface area (Å²) in [6.45, 7) is 2.42. The van der Waals surface area contributed by atoms with Crippen molar-refractivity contribution in [3.63, 3.8) is 0 Å². The van der Waals surface area contributed by atoms with Gasteiger partial charge in [0, 0.05) is 24.9 Å². The van der Waals surface area contributed by atoms with E-state index in [4.69, 9.17) is 4.74 Å². The molecule has 0 spiro atoms. The maximum atomic E-state index is 12.3. The lowest BCUT2D eigenvalue weighted by Crippen LogP contribution is -2.66. The number of fused-ring (bicyclic) bond motifs is 1.